The molecule has 1 aromatic rings. The van der Waals surface area contributed by atoms with Crippen LogP contribution in [0.1, 0.15) is 24.4 Å². The van der Waals surface area contributed by atoms with Crippen LogP contribution in [-0.4, -0.2) is 56.2 Å². The summed E-state index contributed by atoms with van der Waals surface area (Å²) in [6, 6.07) is 6.52. The molecule has 0 bridgehead atoms. The minimum Gasteiger partial charge on any atom is -0.379 e. The Hall–Kier alpha value is -1.50. The molecule has 3 rings (SSSR count). The summed E-state index contributed by atoms with van der Waals surface area (Å²) in [6.07, 6.45) is 1.92. The summed E-state index contributed by atoms with van der Waals surface area (Å²) < 4.78 is 19.0. The van der Waals surface area contributed by atoms with Crippen LogP contribution in [0.3, 0.4) is 0 Å². The quantitative estimate of drug-likeness (QED) is 0.852. The minimum atomic E-state index is -0.246. The molecule has 126 valence electrons. The largest absolute Gasteiger partial charge is 0.379 e. The van der Waals surface area contributed by atoms with Crippen LogP contribution in [0, 0.1) is 5.82 Å². The van der Waals surface area contributed by atoms with Gasteiger partial charge in [-0.2, -0.15) is 0 Å². The minimum absolute atomic E-state index is 0.0278. The van der Waals surface area contributed by atoms with Crippen LogP contribution in [-0.2, 0) is 9.53 Å². The zero-order valence-electron chi connectivity index (χ0n) is 13.3. The molecule has 1 amide bonds. The summed E-state index contributed by atoms with van der Waals surface area (Å²) in [5.74, 6) is -0.207. The first kappa shape index (κ1) is 16.4. The lowest BCUT2D eigenvalue weighted by Crippen LogP contribution is -2.47. The average Bonchev–Trinajstić information content (AvgIpc) is 3.10. The van der Waals surface area contributed by atoms with E-state index in [0.717, 1.165) is 38.0 Å². The molecule has 2 saturated heterocycles. The van der Waals surface area contributed by atoms with Crippen molar-refractivity contribution in [2.24, 2.45) is 0 Å². The Bertz CT molecular complexity index is 528. The molecule has 0 aromatic heterocycles. The van der Waals surface area contributed by atoms with Crippen LogP contribution >= 0.6 is 0 Å². The predicted octanol–water partition coefficient (Wildman–Crippen LogP) is 1.07. The van der Waals surface area contributed by atoms with Crippen molar-refractivity contribution in [2.75, 3.05) is 39.4 Å². The summed E-state index contributed by atoms with van der Waals surface area (Å²) in [6.45, 7) is 4.31. The normalized spacial score (nSPS) is 23.6. The van der Waals surface area contributed by atoms with Crippen molar-refractivity contribution in [1.82, 2.24) is 15.5 Å². The first-order valence-electron chi connectivity index (χ1n) is 8.32. The zero-order valence-corrected chi connectivity index (χ0v) is 13.3. The van der Waals surface area contributed by atoms with Gasteiger partial charge in [0, 0.05) is 19.6 Å². The van der Waals surface area contributed by atoms with Crippen molar-refractivity contribution in [3.63, 3.8) is 0 Å². The summed E-state index contributed by atoms with van der Waals surface area (Å²) >= 11 is 0. The molecule has 0 spiro atoms. The van der Waals surface area contributed by atoms with Crippen LogP contribution in [0.2, 0.25) is 0 Å². The van der Waals surface area contributed by atoms with E-state index in [1.165, 1.54) is 6.07 Å². The lowest BCUT2D eigenvalue weighted by Gasteiger charge is -2.35. The highest BCUT2D eigenvalue weighted by molar-refractivity contribution is 5.82. The Morgan fingerprint density at radius 2 is 2.26 bits per heavy atom. The molecule has 2 fully saturated rings. The summed E-state index contributed by atoms with van der Waals surface area (Å²) in [5.41, 5.74) is 0.895. The second-order valence-electron chi connectivity index (χ2n) is 6.11. The molecule has 2 aliphatic rings. The fourth-order valence-electron chi connectivity index (χ4n) is 3.29. The van der Waals surface area contributed by atoms with Gasteiger partial charge < -0.3 is 15.4 Å². The first-order chi connectivity index (χ1) is 11.2. The summed E-state index contributed by atoms with van der Waals surface area (Å²) in [5, 5.41) is 6.24. The van der Waals surface area contributed by atoms with E-state index in [0.29, 0.717) is 19.8 Å². The van der Waals surface area contributed by atoms with Crippen molar-refractivity contribution < 1.29 is 13.9 Å². The molecule has 1 aromatic carbocycles. The summed E-state index contributed by atoms with van der Waals surface area (Å²) in [7, 11) is 0. The van der Waals surface area contributed by atoms with E-state index in [-0.39, 0.29) is 23.8 Å². The number of hydrogen-bond acceptors (Lipinski definition) is 4. The Balaban J connectivity index is 1.68. The van der Waals surface area contributed by atoms with Gasteiger partial charge in [0.05, 0.1) is 25.3 Å². The van der Waals surface area contributed by atoms with Gasteiger partial charge in [-0.25, -0.2) is 4.39 Å². The molecule has 2 aliphatic heterocycles. The highest BCUT2D eigenvalue weighted by Crippen LogP contribution is 2.22. The molecule has 2 N–H and O–H groups in total. The molecular formula is C17H24FN3O2. The maximum absolute atomic E-state index is 13.6. The third-order valence-electron chi connectivity index (χ3n) is 4.57. The number of carbonyl (C=O) groups is 1. The summed E-state index contributed by atoms with van der Waals surface area (Å²) in [4.78, 5) is 14.5. The fraction of sp³-hybridized carbons (Fsp3) is 0.588. The number of benzene rings is 1. The third-order valence-corrected chi connectivity index (χ3v) is 4.57. The van der Waals surface area contributed by atoms with Crippen molar-refractivity contribution in [2.45, 2.75) is 24.9 Å². The Morgan fingerprint density at radius 1 is 1.43 bits per heavy atom. The number of nitrogens with one attached hydrogen (secondary N) is 2. The molecule has 5 nitrogen and oxygen atoms in total. The Labute approximate surface area is 136 Å². The maximum atomic E-state index is 13.6. The van der Waals surface area contributed by atoms with Gasteiger partial charge in [-0.15, -0.1) is 0 Å². The number of rotatable bonds is 5. The zero-order chi connectivity index (χ0) is 16.1. The number of morpholine rings is 1. The molecule has 0 aliphatic carbocycles. The molecule has 0 radical (unpaired) electrons. The topological polar surface area (TPSA) is 53.6 Å². The van der Waals surface area contributed by atoms with E-state index in [2.05, 4.69) is 15.5 Å². The standard InChI is InChI=1S/C17H24FN3O2/c18-14-4-1-3-13(11-14)16(21-7-9-23-10-8-21)12-20-17(22)15-5-2-6-19-15/h1,3-4,11,15-16,19H,2,5-10,12H2,(H,20,22). The molecule has 2 unspecified atom stereocenters. The van der Waals surface area contributed by atoms with E-state index in [1.807, 2.05) is 6.07 Å². The van der Waals surface area contributed by atoms with Gasteiger partial charge in [-0.05, 0) is 37.1 Å². The molecule has 23 heavy (non-hydrogen) atoms. The van der Waals surface area contributed by atoms with Crippen LogP contribution in [0.4, 0.5) is 4.39 Å². The predicted molar refractivity (Wildman–Crippen MR) is 85.6 cm³/mol. The SMILES string of the molecule is O=C(NCC(c1cccc(F)c1)N1CCOCC1)C1CCCN1. The van der Waals surface area contributed by atoms with Crippen molar-refractivity contribution in [3.8, 4) is 0 Å². The van der Waals surface area contributed by atoms with E-state index in [4.69, 9.17) is 4.74 Å². The highest BCUT2D eigenvalue weighted by Gasteiger charge is 2.26. The van der Waals surface area contributed by atoms with Crippen molar-refractivity contribution in [1.29, 1.82) is 0 Å². The van der Waals surface area contributed by atoms with Crippen molar-refractivity contribution >= 4 is 5.91 Å². The van der Waals surface area contributed by atoms with E-state index < -0.39 is 0 Å². The third kappa shape index (κ3) is 4.28. The Kier molecular flexibility index (Phi) is 5.59. The number of nitrogens with zero attached hydrogens (tertiary/aromatic N) is 1. The lowest BCUT2D eigenvalue weighted by atomic mass is 10.0. The molecule has 6 heteroatoms. The second kappa shape index (κ2) is 7.86. The second-order valence-corrected chi connectivity index (χ2v) is 6.11. The van der Waals surface area contributed by atoms with Crippen LogP contribution in [0.15, 0.2) is 24.3 Å². The van der Waals surface area contributed by atoms with Crippen LogP contribution in [0.5, 0.6) is 0 Å². The number of ether oxygens (including phenoxy) is 1. The van der Waals surface area contributed by atoms with Gasteiger partial charge in [0.15, 0.2) is 0 Å². The van der Waals surface area contributed by atoms with Crippen LogP contribution < -0.4 is 10.6 Å². The molecule has 2 atom stereocenters. The van der Waals surface area contributed by atoms with Gasteiger partial charge in [-0.3, -0.25) is 9.69 Å². The van der Waals surface area contributed by atoms with Gasteiger partial charge >= 0.3 is 0 Å². The number of carbonyl (C=O) groups excluding carboxylic acids is 1. The van der Waals surface area contributed by atoms with Crippen molar-refractivity contribution in [3.05, 3.63) is 35.6 Å². The van der Waals surface area contributed by atoms with E-state index in [1.54, 1.807) is 12.1 Å². The van der Waals surface area contributed by atoms with E-state index in [9.17, 15) is 9.18 Å². The van der Waals surface area contributed by atoms with Gasteiger partial charge in [0.25, 0.3) is 0 Å². The fourth-order valence-corrected chi connectivity index (χ4v) is 3.29. The molecular weight excluding hydrogens is 297 g/mol. The van der Waals surface area contributed by atoms with Crippen LogP contribution in [0.25, 0.3) is 0 Å². The van der Waals surface area contributed by atoms with E-state index >= 15 is 0 Å². The van der Waals surface area contributed by atoms with Gasteiger partial charge in [-0.1, -0.05) is 12.1 Å². The maximum Gasteiger partial charge on any atom is 0.237 e. The Morgan fingerprint density at radius 3 is 2.96 bits per heavy atom. The lowest BCUT2D eigenvalue weighted by molar-refractivity contribution is -0.123. The molecule has 2 heterocycles. The van der Waals surface area contributed by atoms with Gasteiger partial charge in [0.2, 0.25) is 5.91 Å². The van der Waals surface area contributed by atoms with Gasteiger partial charge in [0.1, 0.15) is 5.82 Å². The smallest absolute Gasteiger partial charge is 0.237 e. The highest BCUT2D eigenvalue weighted by atomic mass is 19.1. The first-order valence-corrected chi connectivity index (χ1v) is 8.32. The molecule has 0 saturated carbocycles. The average molecular weight is 321 g/mol. The number of halogens is 1. The number of amides is 1. The monoisotopic (exact) mass is 321 g/mol. The number of hydrogen-bond donors (Lipinski definition) is 2.